The van der Waals surface area contributed by atoms with Crippen LogP contribution in [0.1, 0.15) is 16.1 Å². The van der Waals surface area contributed by atoms with E-state index < -0.39 is 18.5 Å². The fraction of sp³-hybridized carbons (Fsp3) is 0.154. The maximum absolute atomic E-state index is 11.9. The molecule has 1 amide bonds. The summed E-state index contributed by atoms with van der Waals surface area (Å²) in [5.74, 6) is -0.338. The largest absolute Gasteiger partial charge is 0.452 e. The van der Waals surface area contributed by atoms with Crippen LogP contribution in [-0.2, 0) is 9.53 Å². The molecule has 8 heteroatoms. The van der Waals surface area contributed by atoms with Gasteiger partial charge >= 0.3 is 5.97 Å². The Morgan fingerprint density at radius 1 is 1.43 bits per heavy atom. The number of hydrogen-bond donors (Lipinski definition) is 2. The summed E-state index contributed by atoms with van der Waals surface area (Å²) < 4.78 is 10.6. The van der Waals surface area contributed by atoms with Crippen LogP contribution in [0.15, 0.2) is 28.8 Å². The summed E-state index contributed by atoms with van der Waals surface area (Å²) in [6.07, 6.45) is 0. The van der Waals surface area contributed by atoms with Crippen LogP contribution in [0.25, 0.3) is 0 Å². The van der Waals surface area contributed by atoms with Crippen molar-refractivity contribution in [3.05, 3.63) is 39.2 Å². The second-order valence-corrected chi connectivity index (χ2v) is 5.42. The molecule has 2 rings (SSSR count). The Labute approximate surface area is 134 Å². The van der Waals surface area contributed by atoms with Crippen molar-refractivity contribution in [3.63, 3.8) is 0 Å². The molecule has 0 unspecified atom stereocenters. The maximum Gasteiger partial charge on any atom is 0.340 e. The quantitative estimate of drug-likeness (QED) is 0.461. The van der Waals surface area contributed by atoms with Crippen molar-refractivity contribution in [2.24, 2.45) is 0 Å². The highest BCUT2D eigenvalue weighted by Gasteiger charge is 2.14. The number of halogens is 1. The molecule has 0 atom stereocenters. The summed E-state index contributed by atoms with van der Waals surface area (Å²) in [6.45, 7) is 1.26. The van der Waals surface area contributed by atoms with E-state index in [4.69, 9.17) is 15.0 Å². The van der Waals surface area contributed by atoms with Crippen molar-refractivity contribution in [1.29, 1.82) is 0 Å². The number of esters is 1. The molecule has 0 saturated heterocycles. The lowest BCUT2D eigenvalue weighted by atomic mass is 10.2. The predicted octanol–water partition coefficient (Wildman–Crippen LogP) is 1.97. The lowest BCUT2D eigenvalue weighted by molar-refractivity contribution is -0.119. The second kappa shape index (κ2) is 6.57. The maximum atomic E-state index is 11.9. The van der Waals surface area contributed by atoms with Gasteiger partial charge in [-0.15, -0.1) is 0 Å². The number of nitrogens with one attached hydrogen (secondary N) is 1. The molecule has 1 heterocycles. The lowest BCUT2D eigenvalue weighted by Gasteiger charge is -2.07. The zero-order valence-corrected chi connectivity index (χ0v) is 13.2. The number of nitrogens with two attached hydrogens (primary N) is 1. The van der Waals surface area contributed by atoms with Gasteiger partial charge in [0, 0.05) is 15.3 Å². The van der Waals surface area contributed by atoms with E-state index in [0.717, 1.165) is 3.57 Å². The van der Waals surface area contributed by atoms with Crippen molar-refractivity contribution < 1.29 is 18.8 Å². The Kier molecular flexibility index (Phi) is 4.78. The van der Waals surface area contributed by atoms with Gasteiger partial charge < -0.3 is 20.3 Å². The van der Waals surface area contributed by atoms with E-state index in [1.165, 1.54) is 0 Å². The van der Waals surface area contributed by atoms with Crippen LogP contribution in [0, 0.1) is 10.5 Å². The first-order chi connectivity index (χ1) is 9.95. The van der Waals surface area contributed by atoms with Gasteiger partial charge in [-0.1, -0.05) is 5.16 Å². The molecule has 0 radical (unpaired) electrons. The molecular formula is C13H12IN3O4. The fourth-order valence-electron chi connectivity index (χ4n) is 1.52. The van der Waals surface area contributed by atoms with Crippen molar-refractivity contribution in [2.45, 2.75) is 6.92 Å². The number of amides is 1. The zero-order valence-electron chi connectivity index (χ0n) is 11.1. The van der Waals surface area contributed by atoms with Crippen LogP contribution in [0.4, 0.5) is 11.5 Å². The monoisotopic (exact) mass is 401 g/mol. The SMILES string of the molecule is Cc1cc(NC(=O)COC(=O)c2cc(I)ccc2N)no1. The summed E-state index contributed by atoms with van der Waals surface area (Å²) in [5, 5.41) is 6.04. The summed E-state index contributed by atoms with van der Waals surface area (Å²) in [4.78, 5) is 23.5. The third-order valence-electron chi connectivity index (χ3n) is 2.47. The van der Waals surface area contributed by atoms with Crippen molar-refractivity contribution in [3.8, 4) is 0 Å². The van der Waals surface area contributed by atoms with Crippen LogP contribution in [0.5, 0.6) is 0 Å². The summed E-state index contributed by atoms with van der Waals surface area (Å²) in [6, 6.07) is 6.53. The first-order valence-electron chi connectivity index (χ1n) is 5.91. The number of ether oxygens (including phenoxy) is 1. The number of hydrogen-bond acceptors (Lipinski definition) is 6. The van der Waals surface area contributed by atoms with E-state index in [0.29, 0.717) is 11.4 Å². The zero-order chi connectivity index (χ0) is 15.4. The van der Waals surface area contributed by atoms with E-state index in [1.54, 1.807) is 31.2 Å². The number of nitrogens with zero attached hydrogens (tertiary/aromatic N) is 1. The van der Waals surface area contributed by atoms with Crippen LogP contribution in [-0.4, -0.2) is 23.6 Å². The van der Waals surface area contributed by atoms with Gasteiger partial charge in [0.25, 0.3) is 5.91 Å². The van der Waals surface area contributed by atoms with Crippen molar-refractivity contribution in [2.75, 3.05) is 17.7 Å². The number of aromatic nitrogens is 1. The molecular weight excluding hydrogens is 389 g/mol. The molecule has 1 aromatic carbocycles. The Bertz CT molecular complexity index is 684. The highest BCUT2D eigenvalue weighted by Crippen LogP contribution is 2.16. The number of rotatable bonds is 4. The van der Waals surface area contributed by atoms with E-state index in [2.05, 4.69) is 33.1 Å². The topological polar surface area (TPSA) is 107 Å². The Morgan fingerprint density at radius 2 is 2.19 bits per heavy atom. The Balaban J connectivity index is 1.91. The average Bonchev–Trinajstić information content (AvgIpc) is 2.84. The predicted molar refractivity (Wildman–Crippen MR) is 83.7 cm³/mol. The third kappa shape index (κ3) is 4.18. The van der Waals surface area contributed by atoms with Gasteiger partial charge in [-0.05, 0) is 47.7 Å². The lowest BCUT2D eigenvalue weighted by Crippen LogP contribution is -2.21. The molecule has 0 aliphatic carbocycles. The molecule has 0 aliphatic rings. The highest BCUT2D eigenvalue weighted by atomic mass is 127. The molecule has 7 nitrogen and oxygen atoms in total. The standard InChI is InChI=1S/C13H12IN3O4/c1-7-4-11(17-21-7)16-12(18)6-20-13(19)9-5-8(14)2-3-10(9)15/h2-5H,6,15H2,1H3,(H,16,17,18). The minimum atomic E-state index is -0.655. The third-order valence-corrected chi connectivity index (χ3v) is 3.14. The van der Waals surface area contributed by atoms with Crippen LogP contribution in [0.2, 0.25) is 0 Å². The number of anilines is 2. The molecule has 1 aromatic heterocycles. The van der Waals surface area contributed by atoms with Crippen LogP contribution >= 0.6 is 22.6 Å². The highest BCUT2D eigenvalue weighted by molar-refractivity contribution is 14.1. The first kappa shape index (κ1) is 15.3. The van der Waals surface area contributed by atoms with Gasteiger partial charge in [-0.3, -0.25) is 4.79 Å². The van der Waals surface area contributed by atoms with Crippen molar-refractivity contribution >= 4 is 46.0 Å². The van der Waals surface area contributed by atoms with Gasteiger partial charge in [-0.2, -0.15) is 0 Å². The smallest absolute Gasteiger partial charge is 0.340 e. The summed E-state index contributed by atoms with van der Waals surface area (Å²) in [7, 11) is 0. The Morgan fingerprint density at radius 3 is 2.86 bits per heavy atom. The minimum absolute atomic E-state index is 0.229. The summed E-state index contributed by atoms with van der Waals surface area (Å²) in [5.41, 5.74) is 6.22. The van der Waals surface area contributed by atoms with E-state index in [9.17, 15) is 9.59 Å². The molecule has 0 bridgehead atoms. The number of aryl methyl sites for hydroxylation is 1. The van der Waals surface area contributed by atoms with Gasteiger partial charge in [0.2, 0.25) is 0 Å². The molecule has 0 aliphatic heterocycles. The molecule has 0 spiro atoms. The number of carbonyl (C=O) groups is 2. The molecule has 0 saturated carbocycles. The minimum Gasteiger partial charge on any atom is -0.452 e. The molecule has 110 valence electrons. The number of benzene rings is 1. The fourth-order valence-corrected chi connectivity index (χ4v) is 2.01. The molecule has 21 heavy (non-hydrogen) atoms. The van der Waals surface area contributed by atoms with Gasteiger partial charge in [0.15, 0.2) is 12.4 Å². The second-order valence-electron chi connectivity index (χ2n) is 4.18. The van der Waals surface area contributed by atoms with Gasteiger partial charge in [0.05, 0.1) is 5.56 Å². The summed E-state index contributed by atoms with van der Waals surface area (Å²) >= 11 is 2.05. The van der Waals surface area contributed by atoms with Crippen LogP contribution < -0.4 is 11.1 Å². The first-order valence-corrected chi connectivity index (χ1v) is 6.99. The van der Waals surface area contributed by atoms with E-state index in [1.807, 2.05) is 0 Å². The van der Waals surface area contributed by atoms with Gasteiger partial charge in [0.1, 0.15) is 5.76 Å². The molecule has 0 fully saturated rings. The van der Waals surface area contributed by atoms with Crippen LogP contribution in [0.3, 0.4) is 0 Å². The molecule has 2 aromatic rings. The average molecular weight is 401 g/mol. The number of nitrogen functional groups attached to an aromatic ring is 1. The van der Waals surface area contributed by atoms with Crippen molar-refractivity contribution in [1.82, 2.24) is 5.16 Å². The Hall–Kier alpha value is -2.10. The normalized spacial score (nSPS) is 10.2. The van der Waals surface area contributed by atoms with E-state index in [-0.39, 0.29) is 11.4 Å². The van der Waals surface area contributed by atoms with Gasteiger partial charge in [-0.25, -0.2) is 4.79 Å². The number of carbonyl (C=O) groups excluding carboxylic acids is 2. The molecule has 3 N–H and O–H groups in total. The van der Waals surface area contributed by atoms with E-state index >= 15 is 0 Å².